The van der Waals surface area contributed by atoms with Gasteiger partial charge in [0.05, 0.1) is 6.42 Å². The first kappa shape index (κ1) is 9.21. The number of nitrogens with zero attached hydrogens (tertiary/aromatic N) is 1. The van der Waals surface area contributed by atoms with Gasteiger partial charge in [0.2, 0.25) is 5.91 Å². The van der Waals surface area contributed by atoms with E-state index in [2.05, 4.69) is 0 Å². The van der Waals surface area contributed by atoms with Gasteiger partial charge in [0.15, 0.2) is 0 Å². The summed E-state index contributed by atoms with van der Waals surface area (Å²) in [6, 6.07) is 9.98. The Labute approximate surface area is 83.5 Å². The molecule has 2 rings (SSSR count). The van der Waals surface area contributed by atoms with E-state index in [9.17, 15) is 4.79 Å². The molecule has 1 aliphatic rings. The number of rotatable bonds is 2. The zero-order valence-corrected chi connectivity index (χ0v) is 8.02. The molecule has 0 atom stereocenters. The summed E-state index contributed by atoms with van der Waals surface area (Å²) in [6.07, 6.45) is 0.494. The van der Waals surface area contributed by atoms with Crippen LogP contribution in [0.5, 0.6) is 0 Å². The fourth-order valence-corrected chi connectivity index (χ4v) is 1.60. The van der Waals surface area contributed by atoms with Crippen LogP contribution in [0.15, 0.2) is 30.3 Å². The zero-order chi connectivity index (χ0) is 9.97. The minimum atomic E-state index is 0.179. The molecule has 0 bridgehead atoms. The lowest BCUT2D eigenvalue weighted by Crippen LogP contribution is -2.58. The Morgan fingerprint density at radius 3 is 2.57 bits per heavy atom. The summed E-state index contributed by atoms with van der Waals surface area (Å²) in [5.41, 5.74) is 6.67. The molecule has 1 aromatic rings. The Morgan fingerprint density at radius 1 is 1.36 bits per heavy atom. The van der Waals surface area contributed by atoms with Crippen molar-refractivity contribution in [3.05, 3.63) is 35.9 Å². The van der Waals surface area contributed by atoms with Crippen LogP contribution in [-0.2, 0) is 11.2 Å². The topological polar surface area (TPSA) is 46.3 Å². The molecule has 3 nitrogen and oxygen atoms in total. The highest BCUT2D eigenvalue weighted by Gasteiger charge is 2.26. The van der Waals surface area contributed by atoms with E-state index < -0.39 is 0 Å². The van der Waals surface area contributed by atoms with Crippen LogP contribution < -0.4 is 5.73 Å². The highest BCUT2D eigenvalue weighted by atomic mass is 16.2. The molecule has 1 aromatic carbocycles. The summed E-state index contributed by atoms with van der Waals surface area (Å²) in [4.78, 5) is 13.4. The molecule has 74 valence electrons. The molecule has 2 N–H and O–H groups in total. The fourth-order valence-electron chi connectivity index (χ4n) is 1.60. The van der Waals surface area contributed by atoms with Crippen LogP contribution in [0.1, 0.15) is 5.56 Å². The van der Waals surface area contributed by atoms with Crippen LogP contribution in [-0.4, -0.2) is 29.9 Å². The van der Waals surface area contributed by atoms with Crippen molar-refractivity contribution in [2.24, 2.45) is 5.73 Å². The summed E-state index contributed by atoms with van der Waals surface area (Å²) < 4.78 is 0. The van der Waals surface area contributed by atoms with Crippen molar-refractivity contribution in [2.45, 2.75) is 12.5 Å². The van der Waals surface area contributed by atoms with Gasteiger partial charge < -0.3 is 10.6 Å². The van der Waals surface area contributed by atoms with E-state index in [4.69, 9.17) is 5.73 Å². The highest BCUT2D eigenvalue weighted by Crippen LogP contribution is 2.09. The Hall–Kier alpha value is -1.35. The summed E-state index contributed by atoms with van der Waals surface area (Å²) in [6.45, 7) is 1.43. The van der Waals surface area contributed by atoms with Crippen molar-refractivity contribution < 1.29 is 4.79 Å². The zero-order valence-electron chi connectivity index (χ0n) is 8.02. The number of carbonyl (C=O) groups is 1. The number of nitrogens with two attached hydrogens (primary N) is 1. The normalized spacial score (nSPS) is 16.5. The van der Waals surface area contributed by atoms with Gasteiger partial charge in [-0.25, -0.2) is 0 Å². The third-order valence-electron chi connectivity index (χ3n) is 2.46. The number of carbonyl (C=O) groups excluding carboxylic acids is 1. The first-order valence-electron chi connectivity index (χ1n) is 4.83. The lowest BCUT2D eigenvalue weighted by molar-refractivity contribution is -0.134. The lowest BCUT2D eigenvalue weighted by atomic mass is 10.1. The van der Waals surface area contributed by atoms with Gasteiger partial charge in [-0.05, 0) is 5.56 Å². The Balaban J connectivity index is 1.89. The monoisotopic (exact) mass is 190 g/mol. The van der Waals surface area contributed by atoms with E-state index in [1.165, 1.54) is 0 Å². The minimum absolute atomic E-state index is 0.179. The van der Waals surface area contributed by atoms with Crippen LogP contribution in [0.3, 0.4) is 0 Å². The predicted octanol–water partition coefficient (Wildman–Crippen LogP) is 0.399. The van der Waals surface area contributed by atoms with E-state index in [-0.39, 0.29) is 11.9 Å². The van der Waals surface area contributed by atoms with Crippen molar-refractivity contribution in [3.63, 3.8) is 0 Å². The van der Waals surface area contributed by atoms with Crippen molar-refractivity contribution in [3.8, 4) is 0 Å². The molecule has 1 heterocycles. The quantitative estimate of drug-likeness (QED) is 0.733. The van der Waals surface area contributed by atoms with Gasteiger partial charge in [-0.3, -0.25) is 4.79 Å². The molecule has 3 heteroatoms. The molecule has 1 amide bonds. The Bertz CT molecular complexity index is 317. The van der Waals surface area contributed by atoms with Crippen LogP contribution >= 0.6 is 0 Å². The number of amides is 1. The largest absolute Gasteiger partial charge is 0.339 e. The molecule has 0 spiro atoms. The number of hydrogen-bond acceptors (Lipinski definition) is 2. The fraction of sp³-hybridized carbons (Fsp3) is 0.364. The average Bonchev–Trinajstić information content (AvgIpc) is 2.14. The average molecular weight is 190 g/mol. The molecule has 1 aliphatic heterocycles. The van der Waals surface area contributed by atoms with Gasteiger partial charge >= 0.3 is 0 Å². The van der Waals surface area contributed by atoms with E-state index in [1.54, 1.807) is 4.90 Å². The third-order valence-corrected chi connectivity index (χ3v) is 2.46. The van der Waals surface area contributed by atoms with Crippen LogP contribution in [0, 0.1) is 0 Å². The van der Waals surface area contributed by atoms with Gasteiger partial charge in [0, 0.05) is 19.1 Å². The summed E-state index contributed by atoms with van der Waals surface area (Å²) in [5.74, 6) is 0.179. The van der Waals surface area contributed by atoms with Crippen LogP contribution in [0.4, 0.5) is 0 Å². The van der Waals surface area contributed by atoms with Crippen LogP contribution in [0.2, 0.25) is 0 Å². The maximum Gasteiger partial charge on any atom is 0.227 e. The summed E-state index contributed by atoms with van der Waals surface area (Å²) in [5, 5.41) is 0. The van der Waals surface area contributed by atoms with E-state index in [1.807, 2.05) is 30.3 Å². The lowest BCUT2D eigenvalue weighted by Gasteiger charge is -2.36. The van der Waals surface area contributed by atoms with Crippen molar-refractivity contribution in [1.82, 2.24) is 4.90 Å². The second-order valence-electron chi connectivity index (χ2n) is 3.72. The van der Waals surface area contributed by atoms with E-state index in [0.717, 1.165) is 5.56 Å². The molecule has 0 aromatic heterocycles. The van der Waals surface area contributed by atoms with Crippen molar-refractivity contribution >= 4 is 5.91 Å². The van der Waals surface area contributed by atoms with Gasteiger partial charge in [-0.1, -0.05) is 30.3 Å². The number of benzene rings is 1. The van der Waals surface area contributed by atoms with Gasteiger partial charge in [-0.15, -0.1) is 0 Å². The second kappa shape index (κ2) is 3.80. The summed E-state index contributed by atoms with van der Waals surface area (Å²) >= 11 is 0. The maximum atomic E-state index is 11.6. The van der Waals surface area contributed by atoms with Gasteiger partial charge in [0.1, 0.15) is 0 Å². The Morgan fingerprint density at radius 2 is 2.00 bits per heavy atom. The van der Waals surface area contributed by atoms with Crippen molar-refractivity contribution in [1.29, 1.82) is 0 Å². The minimum Gasteiger partial charge on any atom is -0.339 e. The molecule has 0 radical (unpaired) electrons. The summed E-state index contributed by atoms with van der Waals surface area (Å²) in [7, 11) is 0. The molecule has 0 aliphatic carbocycles. The highest BCUT2D eigenvalue weighted by molar-refractivity contribution is 5.79. The second-order valence-corrected chi connectivity index (χ2v) is 3.72. The first-order valence-corrected chi connectivity index (χ1v) is 4.83. The first-order chi connectivity index (χ1) is 6.75. The predicted molar refractivity (Wildman–Crippen MR) is 54.7 cm³/mol. The molecule has 0 saturated carbocycles. The van der Waals surface area contributed by atoms with E-state index >= 15 is 0 Å². The molecule has 1 saturated heterocycles. The SMILES string of the molecule is NC1CN(C(=O)Cc2ccccc2)C1. The maximum absolute atomic E-state index is 11.6. The Kier molecular flexibility index (Phi) is 2.50. The van der Waals surface area contributed by atoms with Gasteiger partial charge in [0.25, 0.3) is 0 Å². The molecule has 0 unspecified atom stereocenters. The molecular formula is C11H14N2O. The number of hydrogen-bond donors (Lipinski definition) is 1. The third kappa shape index (κ3) is 1.93. The smallest absolute Gasteiger partial charge is 0.227 e. The molecule has 1 fully saturated rings. The van der Waals surface area contributed by atoms with Crippen LogP contribution in [0.25, 0.3) is 0 Å². The van der Waals surface area contributed by atoms with E-state index in [0.29, 0.717) is 19.5 Å². The van der Waals surface area contributed by atoms with Gasteiger partial charge in [-0.2, -0.15) is 0 Å². The molecular weight excluding hydrogens is 176 g/mol. The number of likely N-dealkylation sites (tertiary alicyclic amines) is 1. The standard InChI is InChI=1S/C11H14N2O/c12-10-7-13(8-10)11(14)6-9-4-2-1-3-5-9/h1-5,10H,6-8,12H2. The van der Waals surface area contributed by atoms with Crippen molar-refractivity contribution in [2.75, 3.05) is 13.1 Å². The molecule has 14 heavy (non-hydrogen) atoms.